The second-order valence-corrected chi connectivity index (χ2v) is 7.42. The summed E-state index contributed by atoms with van der Waals surface area (Å²) in [6, 6.07) is -0.342. The Morgan fingerprint density at radius 1 is 1.50 bits per heavy atom. The highest BCUT2D eigenvalue weighted by Crippen LogP contribution is 2.37. The Labute approximate surface area is 113 Å². The maximum absolute atomic E-state index is 12.1. The first-order valence-corrected chi connectivity index (χ1v) is 7.65. The van der Waals surface area contributed by atoms with Crippen LogP contribution in [0.1, 0.15) is 40.0 Å². The Hall–Kier alpha value is -0.550. The van der Waals surface area contributed by atoms with Gasteiger partial charge < -0.3 is 5.32 Å². The van der Waals surface area contributed by atoms with E-state index in [1.807, 2.05) is 25.6 Å². The van der Waals surface area contributed by atoms with Gasteiger partial charge in [-0.25, -0.2) is 0 Å². The number of imide groups is 1. The Morgan fingerprint density at radius 2 is 2.22 bits per heavy atom. The van der Waals surface area contributed by atoms with Crippen LogP contribution in [0.2, 0.25) is 0 Å². The van der Waals surface area contributed by atoms with E-state index < -0.39 is 0 Å². The summed E-state index contributed by atoms with van der Waals surface area (Å²) in [5, 5.41) is 3.30. The molecular weight excluding hydrogens is 248 g/mol. The molecule has 2 aliphatic rings. The monoisotopic (exact) mass is 270 g/mol. The Morgan fingerprint density at radius 3 is 2.72 bits per heavy atom. The SMILES string of the molecule is CC(C)N1C(=O)CC(NCC2(C)CCCS2)C1=O. The number of hydrogen-bond donors (Lipinski definition) is 1. The number of carbonyl (C=O) groups excluding carboxylic acids is 2. The van der Waals surface area contributed by atoms with Gasteiger partial charge in [0.2, 0.25) is 11.8 Å². The lowest BCUT2D eigenvalue weighted by Crippen LogP contribution is -2.45. The van der Waals surface area contributed by atoms with Gasteiger partial charge in [0.05, 0.1) is 12.5 Å². The second-order valence-electron chi connectivity index (χ2n) is 5.74. The van der Waals surface area contributed by atoms with Crippen molar-refractivity contribution in [3.63, 3.8) is 0 Å². The predicted molar refractivity (Wildman–Crippen MR) is 73.5 cm³/mol. The van der Waals surface area contributed by atoms with E-state index in [4.69, 9.17) is 0 Å². The van der Waals surface area contributed by atoms with Crippen molar-refractivity contribution in [2.75, 3.05) is 12.3 Å². The fourth-order valence-electron chi connectivity index (χ4n) is 2.67. The molecule has 0 radical (unpaired) electrons. The molecule has 2 amide bonds. The average Bonchev–Trinajstić information content (AvgIpc) is 2.81. The summed E-state index contributed by atoms with van der Waals surface area (Å²) >= 11 is 1.96. The lowest BCUT2D eigenvalue weighted by atomic mass is 10.1. The molecule has 2 fully saturated rings. The van der Waals surface area contributed by atoms with Crippen molar-refractivity contribution in [1.29, 1.82) is 0 Å². The number of nitrogens with zero attached hydrogens (tertiary/aromatic N) is 1. The number of rotatable bonds is 4. The van der Waals surface area contributed by atoms with Crippen molar-refractivity contribution in [2.45, 2.75) is 56.9 Å². The van der Waals surface area contributed by atoms with E-state index in [9.17, 15) is 9.59 Å². The largest absolute Gasteiger partial charge is 0.304 e. The molecule has 5 heteroatoms. The number of likely N-dealkylation sites (tertiary alicyclic amines) is 1. The maximum atomic E-state index is 12.1. The molecule has 0 aromatic carbocycles. The summed E-state index contributed by atoms with van der Waals surface area (Å²) < 4.78 is 0.231. The van der Waals surface area contributed by atoms with E-state index in [0.29, 0.717) is 6.42 Å². The zero-order valence-electron chi connectivity index (χ0n) is 11.4. The molecule has 0 spiro atoms. The zero-order chi connectivity index (χ0) is 13.3. The fraction of sp³-hybridized carbons (Fsp3) is 0.846. The predicted octanol–water partition coefficient (Wildman–Crippen LogP) is 1.40. The number of nitrogens with one attached hydrogen (secondary N) is 1. The Bertz CT molecular complexity index is 351. The normalized spacial score (nSPS) is 32.9. The van der Waals surface area contributed by atoms with Crippen LogP contribution in [0.15, 0.2) is 0 Å². The third-order valence-electron chi connectivity index (χ3n) is 3.72. The molecule has 2 aliphatic heterocycles. The van der Waals surface area contributed by atoms with Gasteiger partial charge in [-0.05, 0) is 39.4 Å². The van der Waals surface area contributed by atoms with Crippen LogP contribution in [0, 0.1) is 0 Å². The summed E-state index contributed by atoms with van der Waals surface area (Å²) in [5.41, 5.74) is 0. The molecule has 2 atom stereocenters. The summed E-state index contributed by atoms with van der Waals surface area (Å²) in [4.78, 5) is 25.3. The van der Waals surface area contributed by atoms with Crippen LogP contribution in [-0.4, -0.2) is 45.8 Å². The standard InChI is InChI=1S/C13H22N2O2S/c1-9(2)15-11(16)7-10(12(15)17)14-8-13(3)5-4-6-18-13/h9-10,14H,4-8H2,1-3H3. The summed E-state index contributed by atoms with van der Waals surface area (Å²) in [7, 11) is 0. The topological polar surface area (TPSA) is 49.4 Å². The van der Waals surface area contributed by atoms with Gasteiger partial charge in [-0.2, -0.15) is 11.8 Å². The van der Waals surface area contributed by atoms with E-state index in [1.165, 1.54) is 23.5 Å². The van der Waals surface area contributed by atoms with E-state index in [-0.39, 0.29) is 28.6 Å². The molecule has 2 saturated heterocycles. The van der Waals surface area contributed by atoms with Crippen molar-refractivity contribution in [1.82, 2.24) is 10.2 Å². The summed E-state index contributed by atoms with van der Waals surface area (Å²) in [6.07, 6.45) is 2.75. The number of amides is 2. The molecule has 2 heterocycles. The van der Waals surface area contributed by atoms with Gasteiger partial charge in [0, 0.05) is 17.3 Å². The first-order chi connectivity index (χ1) is 8.43. The Kier molecular flexibility index (Phi) is 4.02. The molecule has 2 rings (SSSR count). The number of hydrogen-bond acceptors (Lipinski definition) is 4. The van der Waals surface area contributed by atoms with Crippen LogP contribution in [0.25, 0.3) is 0 Å². The average molecular weight is 270 g/mol. The molecule has 0 saturated carbocycles. The van der Waals surface area contributed by atoms with Gasteiger partial charge in [0.1, 0.15) is 0 Å². The summed E-state index contributed by atoms with van der Waals surface area (Å²) in [6.45, 7) is 6.81. The highest BCUT2D eigenvalue weighted by Gasteiger charge is 2.41. The first-order valence-electron chi connectivity index (χ1n) is 6.66. The number of thioether (sulfide) groups is 1. The van der Waals surface area contributed by atoms with Crippen LogP contribution in [0.3, 0.4) is 0 Å². The van der Waals surface area contributed by atoms with Gasteiger partial charge in [-0.1, -0.05) is 0 Å². The van der Waals surface area contributed by atoms with Crippen molar-refractivity contribution in [3.8, 4) is 0 Å². The maximum Gasteiger partial charge on any atom is 0.247 e. The molecule has 102 valence electrons. The lowest BCUT2D eigenvalue weighted by molar-refractivity contribution is -0.140. The Balaban J connectivity index is 1.91. The van der Waals surface area contributed by atoms with Crippen molar-refractivity contribution >= 4 is 23.6 Å². The summed E-state index contributed by atoms with van der Waals surface area (Å²) in [5.74, 6) is 1.10. The highest BCUT2D eigenvalue weighted by molar-refractivity contribution is 8.00. The lowest BCUT2D eigenvalue weighted by Gasteiger charge is -2.25. The van der Waals surface area contributed by atoms with Crippen LogP contribution < -0.4 is 5.32 Å². The molecular formula is C13H22N2O2S. The first kappa shape index (κ1) is 13.9. The molecule has 0 aliphatic carbocycles. The minimum Gasteiger partial charge on any atom is -0.304 e. The molecule has 0 aromatic rings. The molecule has 18 heavy (non-hydrogen) atoms. The van der Waals surface area contributed by atoms with Crippen LogP contribution in [-0.2, 0) is 9.59 Å². The smallest absolute Gasteiger partial charge is 0.247 e. The van der Waals surface area contributed by atoms with E-state index in [0.717, 1.165) is 6.54 Å². The molecule has 2 unspecified atom stereocenters. The van der Waals surface area contributed by atoms with Crippen molar-refractivity contribution in [3.05, 3.63) is 0 Å². The number of carbonyl (C=O) groups is 2. The van der Waals surface area contributed by atoms with Crippen molar-refractivity contribution in [2.24, 2.45) is 0 Å². The fourth-order valence-corrected chi connectivity index (χ4v) is 3.92. The van der Waals surface area contributed by atoms with Gasteiger partial charge >= 0.3 is 0 Å². The van der Waals surface area contributed by atoms with Crippen LogP contribution in [0.4, 0.5) is 0 Å². The third kappa shape index (κ3) is 2.72. The van der Waals surface area contributed by atoms with Crippen LogP contribution in [0.5, 0.6) is 0 Å². The quantitative estimate of drug-likeness (QED) is 0.785. The molecule has 4 nitrogen and oxygen atoms in total. The van der Waals surface area contributed by atoms with Gasteiger partial charge in [0.25, 0.3) is 0 Å². The molecule has 0 bridgehead atoms. The molecule has 1 N–H and O–H groups in total. The van der Waals surface area contributed by atoms with E-state index in [2.05, 4.69) is 12.2 Å². The molecule has 0 aromatic heterocycles. The third-order valence-corrected chi connectivity index (χ3v) is 5.26. The highest BCUT2D eigenvalue weighted by atomic mass is 32.2. The van der Waals surface area contributed by atoms with E-state index >= 15 is 0 Å². The van der Waals surface area contributed by atoms with Gasteiger partial charge in [-0.3, -0.25) is 14.5 Å². The minimum atomic E-state index is -0.307. The van der Waals surface area contributed by atoms with Crippen molar-refractivity contribution < 1.29 is 9.59 Å². The second kappa shape index (κ2) is 5.21. The van der Waals surface area contributed by atoms with Crippen LogP contribution >= 0.6 is 11.8 Å². The van der Waals surface area contributed by atoms with Gasteiger partial charge in [0.15, 0.2) is 0 Å². The zero-order valence-corrected chi connectivity index (χ0v) is 12.2. The van der Waals surface area contributed by atoms with Gasteiger partial charge in [-0.15, -0.1) is 0 Å². The van der Waals surface area contributed by atoms with E-state index in [1.54, 1.807) is 0 Å². The minimum absolute atomic E-state index is 0.0340.